The minimum absolute atomic E-state index is 0. The van der Waals surface area contributed by atoms with Crippen LogP contribution in [0.5, 0.6) is 0 Å². The number of amides is 2. The molecule has 120 valence electrons. The maximum absolute atomic E-state index is 12.2. The quantitative estimate of drug-likeness (QED) is 0.875. The molecule has 1 fully saturated rings. The summed E-state index contributed by atoms with van der Waals surface area (Å²) in [5.41, 5.74) is 3.77. The Morgan fingerprint density at radius 2 is 2.14 bits per heavy atom. The van der Waals surface area contributed by atoms with Crippen LogP contribution >= 0.6 is 12.4 Å². The Balaban J connectivity index is 0.00000176. The number of nitrogens with zero attached hydrogens (tertiary/aromatic N) is 1. The van der Waals surface area contributed by atoms with Gasteiger partial charge in [-0.2, -0.15) is 0 Å². The van der Waals surface area contributed by atoms with E-state index in [0.717, 1.165) is 18.7 Å². The Morgan fingerprint density at radius 1 is 1.36 bits per heavy atom. The topological polar surface area (TPSA) is 61.4 Å². The van der Waals surface area contributed by atoms with Crippen molar-refractivity contribution in [3.05, 3.63) is 34.9 Å². The number of fused-ring (bicyclic) bond motifs is 1. The third kappa shape index (κ3) is 3.42. The van der Waals surface area contributed by atoms with Gasteiger partial charge in [0.2, 0.25) is 11.8 Å². The van der Waals surface area contributed by atoms with Crippen LogP contribution in [-0.4, -0.2) is 29.8 Å². The Bertz CT molecular complexity index is 577. The summed E-state index contributed by atoms with van der Waals surface area (Å²) in [5.74, 6) is -0.132. The van der Waals surface area contributed by atoms with Crippen molar-refractivity contribution in [3.8, 4) is 0 Å². The van der Waals surface area contributed by atoms with Gasteiger partial charge in [0.05, 0.1) is 5.92 Å². The summed E-state index contributed by atoms with van der Waals surface area (Å²) in [6.07, 6.45) is 0.341. The Labute approximate surface area is 136 Å². The fourth-order valence-electron chi connectivity index (χ4n) is 3.04. The van der Waals surface area contributed by atoms with Crippen LogP contribution in [0.3, 0.4) is 0 Å². The third-order valence-electron chi connectivity index (χ3n) is 4.34. The van der Waals surface area contributed by atoms with Gasteiger partial charge in [-0.15, -0.1) is 12.4 Å². The summed E-state index contributed by atoms with van der Waals surface area (Å²) < 4.78 is 0. The van der Waals surface area contributed by atoms with E-state index in [4.69, 9.17) is 0 Å². The second kappa shape index (κ2) is 7.11. The van der Waals surface area contributed by atoms with Crippen molar-refractivity contribution in [3.63, 3.8) is 0 Å². The highest BCUT2D eigenvalue weighted by molar-refractivity contribution is 5.89. The lowest BCUT2D eigenvalue weighted by atomic mass is 10.1. The number of likely N-dealkylation sites (tertiary alicyclic amines) is 1. The van der Waals surface area contributed by atoms with Crippen LogP contribution in [0, 0.1) is 5.92 Å². The highest BCUT2D eigenvalue weighted by atomic mass is 35.5. The van der Waals surface area contributed by atoms with E-state index in [2.05, 4.69) is 28.8 Å². The number of halogens is 1. The van der Waals surface area contributed by atoms with Crippen LogP contribution in [0.25, 0.3) is 0 Å². The van der Waals surface area contributed by atoms with Gasteiger partial charge in [0.15, 0.2) is 0 Å². The molecule has 1 unspecified atom stereocenters. The van der Waals surface area contributed by atoms with E-state index >= 15 is 0 Å². The van der Waals surface area contributed by atoms with E-state index in [1.165, 1.54) is 11.1 Å². The van der Waals surface area contributed by atoms with Crippen molar-refractivity contribution in [1.29, 1.82) is 0 Å². The largest absolute Gasteiger partial charge is 0.352 e. The van der Waals surface area contributed by atoms with Gasteiger partial charge < -0.3 is 15.5 Å². The SMILES string of the molecule is CCN1CC(C(=O)NCc2ccc3c(c2)CNC3)CC1=O.Cl. The van der Waals surface area contributed by atoms with Crippen LogP contribution in [0.1, 0.15) is 30.0 Å². The molecule has 0 saturated carbocycles. The van der Waals surface area contributed by atoms with Crippen molar-refractivity contribution in [2.75, 3.05) is 13.1 Å². The van der Waals surface area contributed by atoms with E-state index < -0.39 is 0 Å². The molecule has 0 spiro atoms. The van der Waals surface area contributed by atoms with E-state index in [-0.39, 0.29) is 30.1 Å². The molecule has 1 atom stereocenters. The second-order valence-corrected chi connectivity index (χ2v) is 5.76. The molecule has 3 rings (SSSR count). The molecule has 0 aromatic heterocycles. The van der Waals surface area contributed by atoms with Gasteiger partial charge in [-0.25, -0.2) is 0 Å². The Morgan fingerprint density at radius 3 is 2.86 bits per heavy atom. The highest BCUT2D eigenvalue weighted by Gasteiger charge is 2.33. The van der Waals surface area contributed by atoms with Crippen LogP contribution in [-0.2, 0) is 29.2 Å². The van der Waals surface area contributed by atoms with E-state index in [1.54, 1.807) is 4.90 Å². The number of rotatable bonds is 4. The number of hydrogen-bond donors (Lipinski definition) is 2. The molecule has 1 aromatic carbocycles. The maximum Gasteiger partial charge on any atom is 0.225 e. The molecule has 2 N–H and O–H groups in total. The lowest BCUT2D eigenvalue weighted by Crippen LogP contribution is -2.32. The molecular formula is C16H22ClN3O2. The molecule has 0 bridgehead atoms. The van der Waals surface area contributed by atoms with Crippen molar-refractivity contribution in [1.82, 2.24) is 15.5 Å². The van der Waals surface area contributed by atoms with E-state index in [0.29, 0.717) is 26.1 Å². The first kappa shape index (κ1) is 16.8. The van der Waals surface area contributed by atoms with E-state index in [9.17, 15) is 9.59 Å². The first-order chi connectivity index (χ1) is 10.2. The summed E-state index contributed by atoms with van der Waals surface area (Å²) in [7, 11) is 0. The van der Waals surface area contributed by atoms with Gasteiger partial charge >= 0.3 is 0 Å². The predicted molar refractivity (Wildman–Crippen MR) is 86.4 cm³/mol. The van der Waals surface area contributed by atoms with Crippen LogP contribution in [0.15, 0.2) is 18.2 Å². The van der Waals surface area contributed by atoms with Crippen LogP contribution in [0.4, 0.5) is 0 Å². The van der Waals surface area contributed by atoms with Crippen molar-refractivity contribution in [2.45, 2.75) is 33.0 Å². The van der Waals surface area contributed by atoms with E-state index in [1.807, 2.05) is 6.92 Å². The molecule has 2 aliphatic heterocycles. The zero-order valence-corrected chi connectivity index (χ0v) is 13.5. The lowest BCUT2D eigenvalue weighted by Gasteiger charge is -2.14. The zero-order chi connectivity index (χ0) is 14.8. The lowest BCUT2D eigenvalue weighted by molar-refractivity contribution is -0.128. The maximum atomic E-state index is 12.2. The minimum Gasteiger partial charge on any atom is -0.352 e. The van der Waals surface area contributed by atoms with Gasteiger partial charge in [0, 0.05) is 39.1 Å². The molecule has 22 heavy (non-hydrogen) atoms. The number of carbonyl (C=O) groups excluding carboxylic acids is 2. The van der Waals surface area contributed by atoms with Crippen molar-refractivity contribution >= 4 is 24.2 Å². The fraction of sp³-hybridized carbons (Fsp3) is 0.500. The molecular weight excluding hydrogens is 302 g/mol. The summed E-state index contributed by atoms with van der Waals surface area (Å²) >= 11 is 0. The molecule has 2 amide bonds. The highest BCUT2D eigenvalue weighted by Crippen LogP contribution is 2.19. The molecule has 1 aromatic rings. The van der Waals surface area contributed by atoms with Gasteiger partial charge in [-0.3, -0.25) is 9.59 Å². The third-order valence-corrected chi connectivity index (χ3v) is 4.34. The average molecular weight is 324 g/mol. The molecule has 2 heterocycles. The molecule has 0 aliphatic carbocycles. The fourth-order valence-corrected chi connectivity index (χ4v) is 3.04. The van der Waals surface area contributed by atoms with Crippen molar-refractivity contribution in [2.24, 2.45) is 5.92 Å². The first-order valence-corrected chi connectivity index (χ1v) is 7.54. The molecule has 5 nitrogen and oxygen atoms in total. The van der Waals surface area contributed by atoms with Crippen LogP contribution in [0.2, 0.25) is 0 Å². The summed E-state index contributed by atoms with van der Waals surface area (Å²) in [6.45, 7) is 5.54. The molecule has 2 aliphatic rings. The molecule has 6 heteroatoms. The monoisotopic (exact) mass is 323 g/mol. The van der Waals surface area contributed by atoms with Gasteiger partial charge in [-0.05, 0) is 23.6 Å². The smallest absolute Gasteiger partial charge is 0.225 e. The average Bonchev–Trinajstić information content (AvgIpc) is 3.10. The minimum atomic E-state index is -0.200. The Kier molecular flexibility index (Phi) is 5.42. The Hall–Kier alpha value is -1.59. The molecule has 1 saturated heterocycles. The second-order valence-electron chi connectivity index (χ2n) is 5.76. The van der Waals surface area contributed by atoms with Gasteiger partial charge in [-0.1, -0.05) is 18.2 Å². The van der Waals surface area contributed by atoms with Gasteiger partial charge in [0.1, 0.15) is 0 Å². The molecule has 0 radical (unpaired) electrons. The number of carbonyl (C=O) groups is 2. The summed E-state index contributed by atoms with van der Waals surface area (Å²) in [4.78, 5) is 25.6. The van der Waals surface area contributed by atoms with Crippen LogP contribution < -0.4 is 10.6 Å². The van der Waals surface area contributed by atoms with Gasteiger partial charge in [0.25, 0.3) is 0 Å². The van der Waals surface area contributed by atoms with Crippen molar-refractivity contribution < 1.29 is 9.59 Å². The standard InChI is InChI=1S/C16H21N3O2.ClH/c1-2-19-10-14(6-15(19)20)16(21)18-7-11-3-4-12-8-17-9-13(12)5-11;/h3-5,14,17H,2,6-10H2,1H3,(H,18,21);1H. The predicted octanol–water partition coefficient (Wildman–Crippen LogP) is 1.20. The number of benzene rings is 1. The first-order valence-electron chi connectivity index (χ1n) is 7.54. The zero-order valence-electron chi connectivity index (χ0n) is 12.7. The number of nitrogens with one attached hydrogen (secondary N) is 2. The summed E-state index contributed by atoms with van der Waals surface area (Å²) in [6, 6.07) is 6.33. The number of hydrogen-bond acceptors (Lipinski definition) is 3. The normalized spacial score (nSPS) is 19.8. The summed E-state index contributed by atoms with van der Waals surface area (Å²) in [5, 5.41) is 6.27.